The maximum absolute atomic E-state index is 12.9. The van der Waals surface area contributed by atoms with E-state index in [-0.39, 0.29) is 18.0 Å². The van der Waals surface area contributed by atoms with E-state index in [0.717, 1.165) is 28.4 Å². The van der Waals surface area contributed by atoms with Crippen LogP contribution in [0.3, 0.4) is 0 Å². The van der Waals surface area contributed by atoms with Gasteiger partial charge in [-0.1, -0.05) is 30.3 Å². The van der Waals surface area contributed by atoms with Gasteiger partial charge in [-0.15, -0.1) is 0 Å². The number of para-hydroxylation sites is 1. The largest absolute Gasteiger partial charge is 0.487 e. The van der Waals surface area contributed by atoms with E-state index in [0.29, 0.717) is 10.2 Å². The second kappa shape index (κ2) is 9.03. The highest BCUT2D eigenvalue weighted by Crippen LogP contribution is 2.31. The summed E-state index contributed by atoms with van der Waals surface area (Å²) >= 11 is 1.25. The molecule has 0 bridgehead atoms. The number of benzene rings is 2. The lowest BCUT2D eigenvalue weighted by Gasteiger charge is -2.20. The van der Waals surface area contributed by atoms with Gasteiger partial charge in [-0.3, -0.25) is 10.2 Å². The van der Waals surface area contributed by atoms with Gasteiger partial charge in [0.05, 0.1) is 5.57 Å². The summed E-state index contributed by atoms with van der Waals surface area (Å²) in [5.41, 5.74) is 6.67. The molecule has 0 radical (unpaired) electrons. The molecular weight excluding hydrogens is 458 g/mol. The second-order valence-electron chi connectivity index (χ2n) is 8.50. The molecule has 0 aliphatic carbocycles. The van der Waals surface area contributed by atoms with Crippen LogP contribution in [-0.4, -0.2) is 38.1 Å². The Kier molecular flexibility index (Phi) is 5.90. The van der Waals surface area contributed by atoms with Crippen molar-refractivity contribution < 1.29 is 9.53 Å². The Labute approximate surface area is 208 Å². The maximum Gasteiger partial charge on any atom is 0.283 e. The fourth-order valence-electron chi connectivity index (χ4n) is 4.19. The quantitative estimate of drug-likeness (QED) is 0.492. The first-order chi connectivity index (χ1) is 16.8. The SMILES string of the molecule is Cc1cccc(-n2c(C)cc(C=C3C(=N)N4N=C(COc5ccccc5)SC4=NC3=O)c2C)c1C. The Morgan fingerprint density at radius 2 is 1.83 bits per heavy atom. The zero-order valence-electron chi connectivity index (χ0n) is 20.0. The first-order valence-electron chi connectivity index (χ1n) is 11.3. The molecule has 176 valence electrons. The molecule has 2 aromatic carbocycles. The van der Waals surface area contributed by atoms with Crippen LogP contribution in [0.25, 0.3) is 11.8 Å². The summed E-state index contributed by atoms with van der Waals surface area (Å²) in [6.07, 6.45) is 1.74. The number of nitrogens with zero attached hydrogens (tertiary/aromatic N) is 4. The summed E-state index contributed by atoms with van der Waals surface area (Å²) in [7, 11) is 0. The average Bonchev–Trinajstić information content (AvgIpc) is 3.38. The van der Waals surface area contributed by atoms with Crippen LogP contribution >= 0.6 is 11.8 Å². The van der Waals surface area contributed by atoms with Crippen molar-refractivity contribution >= 4 is 39.8 Å². The lowest BCUT2D eigenvalue weighted by molar-refractivity contribution is -0.114. The third kappa shape index (κ3) is 4.21. The molecule has 0 unspecified atom stereocenters. The van der Waals surface area contributed by atoms with Crippen molar-refractivity contribution in [2.24, 2.45) is 10.1 Å². The van der Waals surface area contributed by atoms with Gasteiger partial charge in [0.2, 0.25) is 5.17 Å². The Morgan fingerprint density at radius 3 is 2.60 bits per heavy atom. The number of amides is 1. The van der Waals surface area contributed by atoms with Crippen LogP contribution in [0, 0.1) is 33.1 Å². The number of fused-ring (bicyclic) bond motifs is 1. The van der Waals surface area contributed by atoms with Gasteiger partial charge in [-0.05, 0) is 86.5 Å². The minimum absolute atomic E-state index is 0.0127. The van der Waals surface area contributed by atoms with Crippen LogP contribution in [0.1, 0.15) is 28.1 Å². The van der Waals surface area contributed by atoms with Gasteiger partial charge in [0.25, 0.3) is 5.91 Å². The molecule has 1 amide bonds. The number of carbonyl (C=O) groups is 1. The average molecular weight is 484 g/mol. The normalized spacial score (nSPS) is 16.5. The van der Waals surface area contributed by atoms with Crippen LogP contribution in [0.5, 0.6) is 5.75 Å². The second-order valence-corrected chi connectivity index (χ2v) is 9.54. The molecule has 35 heavy (non-hydrogen) atoms. The van der Waals surface area contributed by atoms with Crippen molar-refractivity contribution in [1.29, 1.82) is 5.41 Å². The van der Waals surface area contributed by atoms with E-state index in [1.54, 1.807) is 6.08 Å². The topological polar surface area (TPSA) is 83.0 Å². The van der Waals surface area contributed by atoms with Crippen molar-refractivity contribution in [3.05, 3.63) is 88.2 Å². The van der Waals surface area contributed by atoms with E-state index >= 15 is 0 Å². The van der Waals surface area contributed by atoms with Crippen molar-refractivity contribution in [3.8, 4) is 11.4 Å². The van der Waals surface area contributed by atoms with Gasteiger partial charge in [0, 0.05) is 17.1 Å². The molecule has 7 nitrogen and oxygen atoms in total. The highest BCUT2D eigenvalue weighted by atomic mass is 32.2. The fraction of sp³-hybridized carbons (Fsp3) is 0.185. The first kappa shape index (κ1) is 22.9. The van der Waals surface area contributed by atoms with Gasteiger partial charge in [0.1, 0.15) is 17.4 Å². The van der Waals surface area contributed by atoms with E-state index in [2.05, 4.69) is 40.6 Å². The smallest absolute Gasteiger partial charge is 0.283 e. The molecule has 0 spiro atoms. The van der Waals surface area contributed by atoms with Gasteiger partial charge in [-0.25, -0.2) is 0 Å². The number of hydrogen-bond acceptors (Lipinski definition) is 5. The molecule has 1 N–H and O–H groups in total. The molecule has 0 saturated heterocycles. The molecule has 0 atom stereocenters. The molecular formula is C27H25N5O2S. The summed E-state index contributed by atoms with van der Waals surface area (Å²) < 4.78 is 7.95. The Hall–Kier alpha value is -3.91. The van der Waals surface area contributed by atoms with Crippen molar-refractivity contribution in [2.45, 2.75) is 27.7 Å². The van der Waals surface area contributed by atoms with Crippen molar-refractivity contribution in [3.63, 3.8) is 0 Å². The molecule has 1 aromatic heterocycles. The zero-order chi connectivity index (χ0) is 24.7. The van der Waals surface area contributed by atoms with Crippen molar-refractivity contribution in [2.75, 3.05) is 6.61 Å². The monoisotopic (exact) mass is 483 g/mol. The number of aryl methyl sites for hydroxylation is 2. The third-order valence-electron chi connectivity index (χ3n) is 6.19. The number of carbonyl (C=O) groups excluding carboxylic acids is 1. The minimum atomic E-state index is -0.439. The van der Waals surface area contributed by atoms with Crippen LogP contribution in [0.15, 0.2) is 70.3 Å². The number of aliphatic imine (C=N–C) groups is 1. The Balaban J connectivity index is 1.43. The standard InChI is InChI=1S/C27H25N5O2S/c1-16-9-8-12-23(18(16)3)31-17(2)13-20(19(31)4)14-22-25(28)32-27(29-26(22)33)35-24(30-32)15-34-21-10-6-5-7-11-21/h5-14,28H,15H2,1-4H3. The first-order valence-corrected chi connectivity index (χ1v) is 12.1. The highest BCUT2D eigenvalue weighted by molar-refractivity contribution is 8.27. The lowest BCUT2D eigenvalue weighted by atomic mass is 10.1. The number of hydrogen-bond donors (Lipinski definition) is 1. The van der Waals surface area contributed by atoms with E-state index in [1.807, 2.05) is 56.3 Å². The number of aromatic nitrogens is 1. The van der Waals surface area contributed by atoms with E-state index < -0.39 is 5.91 Å². The van der Waals surface area contributed by atoms with Gasteiger partial charge >= 0.3 is 0 Å². The number of nitrogens with one attached hydrogen (secondary N) is 1. The molecule has 0 saturated carbocycles. The van der Waals surface area contributed by atoms with Crippen molar-refractivity contribution in [1.82, 2.24) is 9.58 Å². The summed E-state index contributed by atoms with van der Waals surface area (Å²) in [6.45, 7) is 8.51. The number of amidine groups is 2. The van der Waals surface area contributed by atoms with Crippen LogP contribution in [0.2, 0.25) is 0 Å². The van der Waals surface area contributed by atoms with Gasteiger partial charge in [-0.2, -0.15) is 15.1 Å². The van der Waals surface area contributed by atoms with Gasteiger partial charge in [0.15, 0.2) is 5.84 Å². The molecule has 3 aromatic rings. The van der Waals surface area contributed by atoms with E-state index in [4.69, 9.17) is 10.1 Å². The minimum Gasteiger partial charge on any atom is -0.487 e. The highest BCUT2D eigenvalue weighted by Gasteiger charge is 2.36. The molecule has 5 rings (SSSR count). The Bertz CT molecular complexity index is 1450. The summed E-state index contributed by atoms with van der Waals surface area (Å²) in [4.78, 5) is 17.1. The van der Waals surface area contributed by atoms with Crippen LogP contribution in [-0.2, 0) is 4.79 Å². The predicted molar refractivity (Wildman–Crippen MR) is 142 cm³/mol. The Morgan fingerprint density at radius 1 is 1.06 bits per heavy atom. The maximum atomic E-state index is 12.9. The third-order valence-corrected chi connectivity index (χ3v) is 7.07. The zero-order valence-corrected chi connectivity index (χ0v) is 20.8. The molecule has 2 aliphatic heterocycles. The summed E-state index contributed by atoms with van der Waals surface area (Å²) in [6, 6.07) is 17.7. The van der Waals surface area contributed by atoms with E-state index in [1.165, 1.54) is 27.9 Å². The predicted octanol–water partition coefficient (Wildman–Crippen LogP) is 5.41. The molecule has 8 heteroatoms. The van der Waals surface area contributed by atoms with Crippen LogP contribution in [0.4, 0.5) is 0 Å². The molecule has 0 fully saturated rings. The number of ether oxygens (including phenoxy) is 1. The molecule has 2 aliphatic rings. The number of thioether (sulfide) groups is 1. The lowest BCUT2D eigenvalue weighted by Crippen LogP contribution is -2.35. The van der Waals surface area contributed by atoms with Crippen LogP contribution < -0.4 is 4.74 Å². The number of hydrazone groups is 1. The van der Waals surface area contributed by atoms with E-state index in [9.17, 15) is 4.79 Å². The fourth-order valence-corrected chi connectivity index (χ4v) is 4.99. The molecule has 3 heterocycles. The number of rotatable bonds is 5. The summed E-state index contributed by atoms with van der Waals surface area (Å²) in [5, 5.41) is 15.6. The van der Waals surface area contributed by atoms with Gasteiger partial charge < -0.3 is 9.30 Å². The summed E-state index contributed by atoms with van der Waals surface area (Å²) in [5.74, 6) is 0.304.